The molecule has 0 aliphatic rings. The molecule has 0 saturated heterocycles. The number of aromatic amines is 1. The van der Waals surface area contributed by atoms with Crippen LogP contribution in [0, 0.1) is 6.92 Å². The van der Waals surface area contributed by atoms with Crippen LogP contribution in [-0.4, -0.2) is 39.8 Å². The number of amides is 1. The summed E-state index contributed by atoms with van der Waals surface area (Å²) >= 11 is 1.23. The van der Waals surface area contributed by atoms with Crippen LogP contribution >= 0.6 is 11.8 Å². The molecule has 0 radical (unpaired) electrons. The second-order valence-electron chi connectivity index (χ2n) is 4.16. The second-order valence-corrected chi connectivity index (χ2v) is 4.95. The largest absolute Gasteiger partial charge is 0.481 e. The van der Waals surface area contributed by atoms with Gasteiger partial charge in [-0.25, -0.2) is 4.79 Å². The molecule has 8 heteroatoms. The first-order chi connectivity index (χ1) is 9.45. The smallest absolute Gasteiger partial charge is 0.346 e. The van der Waals surface area contributed by atoms with E-state index in [2.05, 4.69) is 15.3 Å². The van der Waals surface area contributed by atoms with Gasteiger partial charge in [-0.2, -0.15) is 4.98 Å². The average Bonchev–Trinajstić information content (AvgIpc) is 2.36. The van der Waals surface area contributed by atoms with Crippen molar-refractivity contribution in [2.75, 3.05) is 12.8 Å². The van der Waals surface area contributed by atoms with Crippen molar-refractivity contribution in [1.29, 1.82) is 0 Å². The minimum Gasteiger partial charge on any atom is -0.481 e. The first-order valence-corrected chi connectivity index (χ1v) is 7.33. The highest BCUT2D eigenvalue weighted by Crippen LogP contribution is 2.17. The van der Waals surface area contributed by atoms with E-state index < -0.39 is 11.7 Å². The maximum absolute atomic E-state index is 12.1. The number of nitrogens with zero attached hydrogens (tertiary/aromatic N) is 1. The number of hydrogen-bond donors (Lipinski definition) is 3. The summed E-state index contributed by atoms with van der Waals surface area (Å²) in [5.41, 5.74) is 0.345. The minimum atomic E-state index is -0.846. The molecule has 0 aliphatic heterocycles. The van der Waals surface area contributed by atoms with E-state index in [-0.39, 0.29) is 12.3 Å². The molecule has 0 aromatic carbocycles. The van der Waals surface area contributed by atoms with Crippen molar-refractivity contribution in [2.45, 2.75) is 31.2 Å². The van der Waals surface area contributed by atoms with E-state index in [4.69, 9.17) is 5.11 Å². The van der Waals surface area contributed by atoms with Gasteiger partial charge in [0.25, 0.3) is 5.91 Å². The highest BCUT2D eigenvalue weighted by atomic mass is 32.2. The molecule has 0 fully saturated rings. The summed E-state index contributed by atoms with van der Waals surface area (Å²) in [5.74, 6) is -1.16. The standard InChI is InChI=1S/C12H17N3O4S/c1-7-9(11(20-2)15-12(19)14-7)10(18)13-6-4-3-5-8(16)17/h3-6H2,1-2H3,(H,13,18)(H,16,17)(H,14,15,19). The third kappa shape index (κ3) is 4.69. The number of carbonyl (C=O) groups excluding carboxylic acids is 1. The Morgan fingerprint density at radius 2 is 2.10 bits per heavy atom. The van der Waals surface area contributed by atoms with E-state index in [0.717, 1.165) is 0 Å². The van der Waals surface area contributed by atoms with Crippen molar-refractivity contribution in [1.82, 2.24) is 15.3 Å². The van der Waals surface area contributed by atoms with E-state index in [1.165, 1.54) is 11.8 Å². The lowest BCUT2D eigenvalue weighted by Gasteiger charge is -2.09. The topological polar surface area (TPSA) is 112 Å². The van der Waals surface area contributed by atoms with Crippen LogP contribution in [0.2, 0.25) is 0 Å². The van der Waals surface area contributed by atoms with Gasteiger partial charge in [0.05, 0.1) is 5.56 Å². The van der Waals surface area contributed by atoms with E-state index in [1.807, 2.05) is 0 Å². The second kappa shape index (κ2) is 7.68. The molecule has 20 heavy (non-hydrogen) atoms. The maximum atomic E-state index is 12.1. The number of carboxylic acid groups (broad SMARTS) is 1. The van der Waals surface area contributed by atoms with Crippen molar-refractivity contribution in [2.24, 2.45) is 0 Å². The lowest BCUT2D eigenvalue weighted by molar-refractivity contribution is -0.137. The van der Waals surface area contributed by atoms with Crippen molar-refractivity contribution in [3.8, 4) is 0 Å². The van der Waals surface area contributed by atoms with Crippen LogP contribution in [0.25, 0.3) is 0 Å². The molecule has 7 nitrogen and oxygen atoms in total. The number of rotatable bonds is 7. The zero-order chi connectivity index (χ0) is 15.1. The number of aliphatic carboxylic acids is 1. The number of nitrogens with one attached hydrogen (secondary N) is 2. The summed E-state index contributed by atoms with van der Waals surface area (Å²) in [4.78, 5) is 39.9. The van der Waals surface area contributed by atoms with E-state index in [1.54, 1.807) is 13.2 Å². The highest BCUT2D eigenvalue weighted by molar-refractivity contribution is 7.98. The Bertz CT molecular complexity index is 556. The molecule has 1 rings (SSSR count). The van der Waals surface area contributed by atoms with Gasteiger partial charge in [0.15, 0.2) is 0 Å². The van der Waals surface area contributed by atoms with Crippen molar-refractivity contribution in [3.63, 3.8) is 0 Å². The van der Waals surface area contributed by atoms with E-state index in [9.17, 15) is 14.4 Å². The zero-order valence-electron chi connectivity index (χ0n) is 11.4. The van der Waals surface area contributed by atoms with Gasteiger partial charge in [-0.1, -0.05) is 0 Å². The third-order valence-electron chi connectivity index (χ3n) is 2.61. The molecule has 1 aromatic heterocycles. The van der Waals surface area contributed by atoms with Crippen LogP contribution in [-0.2, 0) is 4.79 Å². The predicted molar refractivity (Wildman–Crippen MR) is 75.2 cm³/mol. The molecular formula is C12H17N3O4S. The number of H-pyrrole nitrogens is 1. The number of unbranched alkanes of at least 4 members (excludes halogenated alkanes) is 1. The number of aryl methyl sites for hydroxylation is 1. The third-order valence-corrected chi connectivity index (χ3v) is 3.29. The summed E-state index contributed by atoms with van der Waals surface area (Å²) < 4.78 is 0. The molecule has 3 N–H and O–H groups in total. The van der Waals surface area contributed by atoms with Gasteiger partial charge in [0.2, 0.25) is 0 Å². The molecule has 0 aliphatic carbocycles. The number of aromatic nitrogens is 2. The van der Waals surface area contributed by atoms with Crippen molar-refractivity contribution in [3.05, 3.63) is 21.7 Å². The van der Waals surface area contributed by atoms with E-state index >= 15 is 0 Å². The van der Waals surface area contributed by atoms with Crippen molar-refractivity contribution < 1.29 is 14.7 Å². The summed E-state index contributed by atoms with van der Waals surface area (Å²) in [5, 5.41) is 11.6. The molecular weight excluding hydrogens is 282 g/mol. The molecule has 0 unspecified atom stereocenters. The first kappa shape index (κ1) is 16.2. The number of carbonyl (C=O) groups is 2. The lowest BCUT2D eigenvalue weighted by atomic mass is 10.2. The van der Waals surface area contributed by atoms with Gasteiger partial charge >= 0.3 is 11.7 Å². The summed E-state index contributed by atoms with van der Waals surface area (Å²) in [6, 6.07) is 0. The normalized spacial score (nSPS) is 10.3. The lowest BCUT2D eigenvalue weighted by Crippen LogP contribution is -2.28. The molecule has 0 bridgehead atoms. The molecule has 1 aromatic rings. The van der Waals surface area contributed by atoms with E-state index in [0.29, 0.717) is 35.7 Å². The van der Waals surface area contributed by atoms with Gasteiger partial charge in [0, 0.05) is 18.7 Å². The maximum Gasteiger partial charge on any atom is 0.346 e. The fourth-order valence-corrected chi connectivity index (χ4v) is 2.29. The predicted octanol–water partition coefficient (Wildman–Crippen LogP) is 0.785. The van der Waals surface area contributed by atoms with Gasteiger partial charge < -0.3 is 15.4 Å². The Balaban J connectivity index is 2.64. The van der Waals surface area contributed by atoms with Crippen LogP contribution < -0.4 is 11.0 Å². The fraction of sp³-hybridized carbons (Fsp3) is 0.500. The Labute approximate surface area is 120 Å². The van der Waals surface area contributed by atoms with Crippen molar-refractivity contribution >= 4 is 23.6 Å². The Morgan fingerprint density at radius 3 is 2.70 bits per heavy atom. The zero-order valence-corrected chi connectivity index (χ0v) is 12.2. The molecule has 1 heterocycles. The minimum absolute atomic E-state index is 0.0885. The molecule has 110 valence electrons. The van der Waals surface area contributed by atoms with Crippen LogP contribution in [0.1, 0.15) is 35.3 Å². The first-order valence-electron chi connectivity index (χ1n) is 6.10. The number of thioether (sulfide) groups is 1. The van der Waals surface area contributed by atoms with Crippen LogP contribution in [0.4, 0.5) is 0 Å². The quantitative estimate of drug-likeness (QED) is 0.390. The van der Waals surface area contributed by atoms with Crippen LogP contribution in [0.5, 0.6) is 0 Å². The molecule has 0 spiro atoms. The van der Waals surface area contributed by atoms with Gasteiger partial charge in [0.1, 0.15) is 5.03 Å². The molecule has 1 amide bonds. The Kier molecular flexibility index (Phi) is 6.23. The average molecular weight is 299 g/mol. The molecule has 0 atom stereocenters. The van der Waals surface area contributed by atoms with Gasteiger partial charge in [-0.3, -0.25) is 9.59 Å². The SMILES string of the molecule is CSc1nc(=O)[nH]c(C)c1C(=O)NCCCCC(=O)O. The monoisotopic (exact) mass is 299 g/mol. The van der Waals surface area contributed by atoms with Gasteiger partial charge in [-0.15, -0.1) is 11.8 Å². The summed E-state index contributed by atoms with van der Waals surface area (Å²) in [7, 11) is 0. The number of hydrogen-bond acceptors (Lipinski definition) is 5. The fourth-order valence-electron chi connectivity index (χ4n) is 1.67. The van der Waals surface area contributed by atoms with Gasteiger partial charge in [-0.05, 0) is 26.0 Å². The Morgan fingerprint density at radius 1 is 1.40 bits per heavy atom. The number of carboxylic acids is 1. The molecule has 0 saturated carbocycles. The summed E-state index contributed by atoms with van der Waals surface area (Å²) in [6.45, 7) is 2.03. The van der Waals surface area contributed by atoms with Crippen LogP contribution in [0.15, 0.2) is 9.82 Å². The highest BCUT2D eigenvalue weighted by Gasteiger charge is 2.16. The summed E-state index contributed by atoms with van der Waals surface area (Å²) in [6.07, 6.45) is 2.92. The van der Waals surface area contributed by atoms with Crippen LogP contribution in [0.3, 0.4) is 0 Å². The Hall–Kier alpha value is -1.83.